The smallest absolute Gasteiger partial charge is 0.163 e. The number of rotatable bonds is 8. The van der Waals surface area contributed by atoms with Crippen molar-refractivity contribution in [3.8, 4) is 11.5 Å². The van der Waals surface area contributed by atoms with Gasteiger partial charge in [0.25, 0.3) is 0 Å². The van der Waals surface area contributed by atoms with Crippen LogP contribution in [-0.4, -0.2) is 6.61 Å². The Hall–Kier alpha value is -2.36. The first-order chi connectivity index (χ1) is 13.5. The van der Waals surface area contributed by atoms with E-state index in [0.29, 0.717) is 41.3 Å². The van der Waals surface area contributed by atoms with Gasteiger partial charge in [-0.2, -0.15) is 0 Å². The van der Waals surface area contributed by atoms with E-state index in [2.05, 4.69) is 36.5 Å². The standard InChI is InChI=1S/C23H23Cl2NO2/c1-3-27-22-12-18(14-26-20-9-7-16(2)8-10-20)21(25)13-23(22)28-15-17-5-4-6-19(24)11-17/h4-13,26H,3,14-15H2,1-2H3. The van der Waals surface area contributed by atoms with E-state index in [1.54, 1.807) is 0 Å². The van der Waals surface area contributed by atoms with E-state index >= 15 is 0 Å². The summed E-state index contributed by atoms with van der Waals surface area (Å²) in [5.74, 6) is 1.29. The van der Waals surface area contributed by atoms with Crippen molar-refractivity contribution in [3.05, 3.63) is 87.4 Å². The molecular formula is C23H23Cl2NO2. The summed E-state index contributed by atoms with van der Waals surface area (Å²) in [7, 11) is 0. The molecule has 0 amide bonds. The molecule has 28 heavy (non-hydrogen) atoms. The van der Waals surface area contributed by atoms with E-state index in [1.165, 1.54) is 5.56 Å². The third kappa shape index (κ3) is 5.57. The van der Waals surface area contributed by atoms with Gasteiger partial charge in [-0.1, -0.05) is 53.0 Å². The number of benzene rings is 3. The molecule has 0 saturated carbocycles. The van der Waals surface area contributed by atoms with E-state index < -0.39 is 0 Å². The number of halogens is 2. The highest BCUT2D eigenvalue weighted by Crippen LogP contribution is 2.34. The molecule has 0 saturated heterocycles. The molecule has 3 aromatic rings. The van der Waals surface area contributed by atoms with Gasteiger partial charge in [-0.15, -0.1) is 0 Å². The van der Waals surface area contributed by atoms with Crippen LogP contribution in [0.5, 0.6) is 11.5 Å². The number of anilines is 1. The lowest BCUT2D eigenvalue weighted by atomic mass is 10.1. The molecule has 0 fully saturated rings. The molecule has 3 aromatic carbocycles. The summed E-state index contributed by atoms with van der Waals surface area (Å²) in [4.78, 5) is 0. The SMILES string of the molecule is CCOc1cc(CNc2ccc(C)cc2)c(Cl)cc1OCc1cccc(Cl)c1. The van der Waals surface area contributed by atoms with Crippen LogP contribution >= 0.6 is 23.2 Å². The largest absolute Gasteiger partial charge is 0.490 e. The zero-order valence-electron chi connectivity index (χ0n) is 16.0. The fourth-order valence-corrected chi connectivity index (χ4v) is 3.18. The molecule has 0 unspecified atom stereocenters. The number of hydrogen-bond acceptors (Lipinski definition) is 3. The average Bonchev–Trinajstić information content (AvgIpc) is 2.68. The minimum absolute atomic E-state index is 0.387. The number of nitrogens with one attached hydrogen (secondary N) is 1. The first kappa shape index (κ1) is 20.4. The fourth-order valence-electron chi connectivity index (χ4n) is 2.75. The topological polar surface area (TPSA) is 30.5 Å². The molecule has 3 rings (SSSR count). The predicted octanol–water partition coefficient (Wildman–Crippen LogP) is 6.89. The summed E-state index contributed by atoms with van der Waals surface area (Å²) in [5, 5.41) is 4.70. The molecule has 0 radical (unpaired) electrons. The van der Waals surface area contributed by atoms with Gasteiger partial charge in [0.1, 0.15) is 6.61 Å². The van der Waals surface area contributed by atoms with Crippen molar-refractivity contribution >= 4 is 28.9 Å². The van der Waals surface area contributed by atoms with E-state index in [1.807, 2.05) is 43.3 Å². The van der Waals surface area contributed by atoms with Crippen LogP contribution in [0.4, 0.5) is 5.69 Å². The van der Waals surface area contributed by atoms with Crippen LogP contribution in [0.2, 0.25) is 10.0 Å². The molecule has 0 aliphatic rings. The normalized spacial score (nSPS) is 10.6. The molecule has 0 bridgehead atoms. The minimum atomic E-state index is 0.387. The van der Waals surface area contributed by atoms with E-state index in [-0.39, 0.29) is 0 Å². The first-order valence-corrected chi connectivity index (χ1v) is 9.93. The van der Waals surface area contributed by atoms with Crippen molar-refractivity contribution in [2.75, 3.05) is 11.9 Å². The molecule has 0 spiro atoms. The van der Waals surface area contributed by atoms with Crippen molar-refractivity contribution < 1.29 is 9.47 Å². The van der Waals surface area contributed by atoms with Gasteiger partial charge >= 0.3 is 0 Å². The van der Waals surface area contributed by atoms with Crippen LogP contribution in [-0.2, 0) is 13.2 Å². The second-order valence-corrected chi connectivity index (χ2v) is 7.31. The molecule has 1 N–H and O–H groups in total. The lowest BCUT2D eigenvalue weighted by molar-refractivity contribution is 0.269. The van der Waals surface area contributed by atoms with Crippen LogP contribution in [0, 0.1) is 6.92 Å². The Morgan fingerprint density at radius 1 is 0.893 bits per heavy atom. The maximum atomic E-state index is 6.50. The Bertz CT molecular complexity index is 926. The van der Waals surface area contributed by atoms with Crippen LogP contribution in [0.15, 0.2) is 60.7 Å². The van der Waals surface area contributed by atoms with E-state index in [0.717, 1.165) is 16.8 Å². The fraction of sp³-hybridized carbons (Fsp3) is 0.217. The quantitative estimate of drug-likeness (QED) is 0.434. The summed E-state index contributed by atoms with van der Waals surface area (Å²) in [6, 6.07) is 19.6. The lowest BCUT2D eigenvalue weighted by Gasteiger charge is -2.16. The third-order valence-corrected chi connectivity index (χ3v) is 4.82. The molecule has 146 valence electrons. The second kappa shape index (κ2) is 9.72. The minimum Gasteiger partial charge on any atom is -0.490 e. The summed E-state index contributed by atoms with van der Waals surface area (Å²) >= 11 is 12.5. The van der Waals surface area contributed by atoms with Crippen molar-refractivity contribution in [1.82, 2.24) is 0 Å². The van der Waals surface area contributed by atoms with Gasteiger partial charge in [0, 0.05) is 28.3 Å². The molecule has 3 nitrogen and oxygen atoms in total. The highest BCUT2D eigenvalue weighted by Gasteiger charge is 2.12. The zero-order chi connectivity index (χ0) is 19.9. The Morgan fingerprint density at radius 3 is 2.36 bits per heavy atom. The van der Waals surface area contributed by atoms with E-state index in [9.17, 15) is 0 Å². The van der Waals surface area contributed by atoms with Crippen LogP contribution in [0.3, 0.4) is 0 Å². The highest BCUT2D eigenvalue weighted by atomic mass is 35.5. The number of aryl methyl sites for hydroxylation is 1. The van der Waals surface area contributed by atoms with Gasteiger partial charge in [-0.05, 0) is 55.3 Å². The number of hydrogen-bond donors (Lipinski definition) is 1. The van der Waals surface area contributed by atoms with Crippen molar-refractivity contribution in [3.63, 3.8) is 0 Å². The Kier molecular flexibility index (Phi) is 7.07. The van der Waals surface area contributed by atoms with Gasteiger partial charge in [0.15, 0.2) is 11.5 Å². The Balaban J connectivity index is 1.74. The average molecular weight is 416 g/mol. The predicted molar refractivity (Wildman–Crippen MR) is 117 cm³/mol. The molecule has 0 aromatic heterocycles. The molecule has 0 atom stereocenters. The molecule has 0 heterocycles. The Morgan fingerprint density at radius 2 is 1.64 bits per heavy atom. The molecular weight excluding hydrogens is 393 g/mol. The monoisotopic (exact) mass is 415 g/mol. The summed E-state index contributed by atoms with van der Waals surface area (Å²) in [6.45, 7) is 5.53. The lowest BCUT2D eigenvalue weighted by Crippen LogP contribution is -2.04. The molecule has 0 aliphatic heterocycles. The summed E-state index contributed by atoms with van der Waals surface area (Å²) in [5.41, 5.74) is 4.20. The van der Waals surface area contributed by atoms with Crippen molar-refractivity contribution in [2.24, 2.45) is 0 Å². The second-order valence-electron chi connectivity index (χ2n) is 6.46. The summed E-state index contributed by atoms with van der Waals surface area (Å²) < 4.78 is 11.7. The van der Waals surface area contributed by atoms with Crippen LogP contribution in [0.25, 0.3) is 0 Å². The zero-order valence-corrected chi connectivity index (χ0v) is 17.5. The first-order valence-electron chi connectivity index (χ1n) is 9.18. The van der Waals surface area contributed by atoms with Crippen LogP contribution in [0.1, 0.15) is 23.6 Å². The van der Waals surface area contributed by atoms with Gasteiger partial charge in [-0.3, -0.25) is 0 Å². The van der Waals surface area contributed by atoms with Gasteiger partial charge in [-0.25, -0.2) is 0 Å². The summed E-state index contributed by atoms with van der Waals surface area (Å²) in [6.07, 6.45) is 0. The van der Waals surface area contributed by atoms with Gasteiger partial charge in [0.2, 0.25) is 0 Å². The highest BCUT2D eigenvalue weighted by molar-refractivity contribution is 6.31. The van der Waals surface area contributed by atoms with Gasteiger partial charge in [0.05, 0.1) is 6.61 Å². The maximum Gasteiger partial charge on any atom is 0.163 e. The van der Waals surface area contributed by atoms with Crippen molar-refractivity contribution in [1.29, 1.82) is 0 Å². The van der Waals surface area contributed by atoms with Crippen molar-refractivity contribution in [2.45, 2.75) is 27.0 Å². The van der Waals surface area contributed by atoms with E-state index in [4.69, 9.17) is 32.7 Å². The molecule has 5 heteroatoms. The Labute approximate surface area is 176 Å². The maximum absolute atomic E-state index is 6.50. The third-order valence-electron chi connectivity index (χ3n) is 4.23. The van der Waals surface area contributed by atoms with Gasteiger partial charge < -0.3 is 14.8 Å². The number of ether oxygens (including phenoxy) is 2. The molecule has 0 aliphatic carbocycles. The van der Waals surface area contributed by atoms with Crippen LogP contribution < -0.4 is 14.8 Å².